The van der Waals surface area contributed by atoms with Gasteiger partial charge in [0.05, 0.1) is 0 Å². The van der Waals surface area contributed by atoms with E-state index in [9.17, 15) is 0 Å². The van der Waals surface area contributed by atoms with Crippen molar-refractivity contribution in [1.29, 1.82) is 0 Å². The highest BCUT2D eigenvalue weighted by atomic mass is 14.0. The summed E-state index contributed by atoms with van der Waals surface area (Å²) < 4.78 is 0. The van der Waals surface area contributed by atoms with Crippen molar-refractivity contribution in [3.05, 3.63) is 70.8 Å². The van der Waals surface area contributed by atoms with Gasteiger partial charge < -0.3 is 0 Å². The van der Waals surface area contributed by atoms with Gasteiger partial charge >= 0.3 is 0 Å². The highest BCUT2D eigenvalue weighted by Crippen LogP contribution is 2.15. The van der Waals surface area contributed by atoms with E-state index in [1.807, 2.05) is 0 Å². The standard InChI is InChI=1S/C18H18/c1-14(2)18-6-4-5-17(13-18)12-11-16-9-7-15(3)8-10-16/h4-10,13-14H,1-3H3. The summed E-state index contributed by atoms with van der Waals surface area (Å²) in [5.41, 5.74) is 4.75. The minimum Gasteiger partial charge on any atom is -0.0617 e. The van der Waals surface area contributed by atoms with Gasteiger partial charge in [0, 0.05) is 11.1 Å². The Morgan fingerprint density at radius 1 is 0.833 bits per heavy atom. The van der Waals surface area contributed by atoms with E-state index in [-0.39, 0.29) is 0 Å². The highest BCUT2D eigenvalue weighted by molar-refractivity contribution is 5.44. The maximum Gasteiger partial charge on any atom is 0.0251 e. The van der Waals surface area contributed by atoms with Crippen LogP contribution in [0.3, 0.4) is 0 Å². The molecule has 0 spiro atoms. The monoisotopic (exact) mass is 234 g/mol. The summed E-state index contributed by atoms with van der Waals surface area (Å²) in [5, 5.41) is 0. The molecule has 0 amide bonds. The van der Waals surface area contributed by atoms with E-state index >= 15 is 0 Å². The summed E-state index contributed by atoms with van der Waals surface area (Å²) in [4.78, 5) is 0. The molecule has 0 aliphatic heterocycles. The molecule has 0 bridgehead atoms. The zero-order valence-electron chi connectivity index (χ0n) is 11.2. The lowest BCUT2D eigenvalue weighted by Gasteiger charge is -2.04. The quantitative estimate of drug-likeness (QED) is 0.636. The van der Waals surface area contributed by atoms with Crippen LogP contribution in [-0.2, 0) is 0 Å². The smallest absolute Gasteiger partial charge is 0.0251 e. The van der Waals surface area contributed by atoms with Crippen molar-refractivity contribution in [2.45, 2.75) is 26.7 Å². The molecule has 0 heterocycles. The molecule has 0 aliphatic carbocycles. The van der Waals surface area contributed by atoms with Crippen molar-refractivity contribution in [2.75, 3.05) is 0 Å². The van der Waals surface area contributed by atoms with Gasteiger partial charge in [-0.2, -0.15) is 0 Å². The molecule has 0 unspecified atom stereocenters. The van der Waals surface area contributed by atoms with Crippen molar-refractivity contribution in [3.63, 3.8) is 0 Å². The van der Waals surface area contributed by atoms with Gasteiger partial charge in [-0.1, -0.05) is 55.5 Å². The van der Waals surface area contributed by atoms with Crippen LogP contribution in [0.2, 0.25) is 0 Å². The number of hydrogen-bond acceptors (Lipinski definition) is 0. The summed E-state index contributed by atoms with van der Waals surface area (Å²) in [6.07, 6.45) is 0. The lowest BCUT2D eigenvalue weighted by Crippen LogP contribution is -1.87. The van der Waals surface area contributed by atoms with Gasteiger partial charge in [0.15, 0.2) is 0 Å². The Hall–Kier alpha value is -2.00. The molecule has 0 radical (unpaired) electrons. The zero-order valence-corrected chi connectivity index (χ0v) is 11.2. The topological polar surface area (TPSA) is 0 Å². The van der Waals surface area contributed by atoms with Crippen LogP contribution in [-0.4, -0.2) is 0 Å². The Kier molecular flexibility index (Phi) is 3.85. The fraction of sp³-hybridized carbons (Fsp3) is 0.222. The first-order valence-electron chi connectivity index (χ1n) is 6.34. The van der Waals surface area contributed by atoms with Gasteiger partial charge in [-0.25, -0.2) is 0 Å². The molecule has 90 valence electrons. The molecule has 18 heavy (non-hydrogen) atoms. The molecule has 2 rings (SSSR count). The SMILES string of the molecule is Cc1ccc(C#Cc2cccc(C(C)C)c2)cc1. The molecule has 0 aliphatic rings. The summed E-state index contributed by atoms with van der Waals surface area (Å²) >= 11 is 0. The number of rotatable bonds is 1. The molecule has 2 aromatic rings. The predicted octanol–water partition coefficient (Wildman–Crippen LogP) is 4.52. The van der Waals surface area contributed by atoms with Crippen LogP contribution in [0.25, 0.3) is 0 Å². The molecule has 0 saturated heterocycles. The van der Waals surface area contributed by atoms with Crippen LogP contribution in [0.4, 0.5) is 0 Å². The maximum absolute atomic E-state index is 3.23. The van der Waals surface area contributed by atoms with Crippen LogP contribution in [0.1, 0.15) is 42.0 Å². The Bertz CT molecular complexity index is 577. The minimum atomic E-state index is 0.547. The third kappa shape index (κ3) is 3.25. The third-order valence-corrected chi connectivity index (χ3v) is 2.96. The van der Waals surface area contributed by atoms with Crippen LogP contribution in [0.15, 0.2) is 48.5 Å². The lowest BCUT2D eigenvalue weighted by molar-refractivity contribution is 0.866. The van der Waals surface area contributed by atoms with Crippen LogP contribution in [0, 0.1) is 18.8 Å². The fourth-order valence-corrected chi connectivity index (χ4v) is 1.76. The fourth-order valence-electron chi connectivity index (χ4n) is 1.76. The molecule has 0 heteroatoms. The number of hydrogen-bond donors (Lipinski definition) is 0. The van der Waals surface area contributed by atoms with Gasteiger partial charge in [0.2, 0.25) is 0 Å². The normalized spacial score (nSPS) is 10.0. The second-order valence-electron chi connectivity index (χ2n) is 4.90. The van der Waals surface area contributed by atoms with Gasteiger partial charge in [0.25, 0.3) is 0 Å². The molecule has 0 nitrogen and oxygen atoms in total. The number of aryl methyl sites for hydroxylation is 1. The third-order valence-electron chi connectivity index (χ3n) is 2.96. The Labute approximate surface area is 110 Å². The van der Waals surface area contributed by atoms with E-state index in [1.165, 1.54) is 11.1 Å². The summed E-state index contributed by atoms with van der Waals surface area (Å²) in [5.74, 6) is 6.98. The second kappa shape index (κ2) is 5.56. The van der Waals surface area contributed by atoms with Crippen LogP contribution < -0.4 is 0 Å². The van der Waals surface area contributed by atoms with E-state index in [0.717, 1.165) is 11.1 Å². The van der Waals surface area contributed by atoms with E-state index in [1.54, 1.807) is 0 Å². The van der Waals surface area contributed by atoms with E-state index < -0.39 is 0 Å². The first-order chi connectivity index (χ1) is 8.65. The Morgan fingerprint density at radius 3 is 2.17 bits per heavy atom. The van der Waals surface area contributed by atoms with Crippen molar-refractivity contribution in [1.82, 2.24) is 0 Å². The first kappa shape index (κ1) is 12.5. The van der Waals surface area contributed by atoms with Gasteiger partial charge in [0.1, 0.15) is 0 Å². The lowest BCUT2D eigenvalue weighted by atomic mass is 10.0. The van der Waals surface area contributed by atoms with Crippen molar-refractivity contribution >= 4 is 0 Å². The van der Waals surface area contributed by atoms with Crippen molar-refractivity contribution < 1.29 is 0 Å². The maximum atomic E-state index is 3.23. The zero-order chi connectivity index (χ0) is 13.0. The molecular formula is C18H18. The van der Waals surface area contributed by atoms with E-state index in [4.69, 9.17) is 0 Å². The van der Waals surface area contributed by atoms with Gasteiger partial charge in [-0.3, -0.25) is 0 Å². The molecule has 0 atom stereocenters. The van der Waals surface area contributed by atoms with Crippen molar-refractivity contribution in [3.8, 4) is 11.8 Å². The Morgan fingerprint density at radius 2 is 1.50 bits per heavy atom. The Balaban J connectivity index is 2.24. The highest BCUT2D eigenvalue weighted by Gasteiger charge is 1.98. The van der Waals surface area contributed by atoms with Gasteiger partial charge in [-0.05, 0) is 42.7 Å². The molecule has 0 fully saturated rings. The molecule has 0 N–H and O–H groups in total. The summed E-state index contributed by atoms with van der Waals surface area (Å²) in [7, 11) is 0. The minimum absolute atomic E-state index is 0.547. The second-order valence-corrected chi connectivity index (χ2v) is 4.90. The van der Waals surface area contributed by atoms with Crippen LogP contribution in [0.5, 0.6) is 0 Å². The van der Waals surface area contributed by atoms with Gasteiger partial charge in [-0.15, -0.1) is 0 Å². The summed E-state index contributed by atoms with van der Waals surface area (Å²) in [6.45, 7) is 6.49. The molecule has 0 aromatic heterocycles. The first-order valence-corrected chi connectivity index (χ1v) is 6.34. The van der Waals surface area contributed by atoms with E-state index in [0.29, 0.717) is 5.92 Å². The predicted molar refractivity (Wildman–Crippen MR) is 77.7 cm³/mol. The molecular weight excluding hydrogens is 216 g/mol. The van der Waals surface area contributed by atoms with Crippen molar-refractivity contribution in [2.24, 2.45) is 0 Å². The molecule has 2 aromatic carbocycles. The largest absolute Gasteiger partial charge is 0.0617 e. The average molecular weight is 234 g/mol. The number of benzene rings is 2. The van der Waals surface area contributed by atoms with E-state index in [2.05, 4.69) is 81.1 Å². The van der Waals surface area contributed by atoms with Crippen LogP contribution >= 0.6 is 0 Å². The molecule has 0 saturated carbocycles. The summed E-state index contributed by atoms with van der Waals surface area (Å²) in [6, 6.07) is 16.8. The average Bonchev–Trinajstić information content (AvgIpc) is 2.38.